The Morgan fingerprint density at radius 2 is 1.88 bits per heavy atom. The Bertz CT molecular complexity index is 174. The fourth-order valence-corrected chi connectivity index (χ4v) is 2.92. The van der Waals surface area contributed by atoms with E-state index in [0.29, 0.717) is 18.0 Å². The van der Waals surface area contributed by atoms with Gasteiger partial charge < -0.3 is 14.8 Å². The summed E-state index contributed by atoms with van der Waals surface area (Å²) in [4.78, 5) is 0. The third kappa shape index (κ3) is 4.24. The Hall–Kier alpha value is 0.230. The van der Waals surface area contributed by atoms with Crippen LogP contribution in [0.2, 0.25) is 0 Å². The molecule has 0 radical (unpaired) electrons. The van der Waals surface area contributed by atoms with Gasteiger partial charge in [0.2, 0.25) is 0 Å². The molecule has 1 N–H and O–H groups in total. The second kappa shape index (κ2) is 7.54. The van der Waals surface area contributed by atoms with Gasteiger partial charge >= 0.3 is 0 Å². The van der Waals surface area contributed by atoms with Crippen LogP contribution in [0.5, 0.6) is 0 Å². The molecule has 4 heteroatoms. The van der Waals surface area contributed by atoms with Crippen LogP contribution in [-0.4, -0.2) is 43.6 Å². The summed E-state index contributed by atoms with van der Waals surface area (Å²) in [7, 11) is 0. The van der Waals surface area contributed by atoms with E-state index >= 15 is 0 Å². The van der Waals surface area contributed by atoms with E-state index < -0.39 is 0 Å². The highest BCUT2D eigenvalue weighted by molar-refractivity contribution is 8.00. The van der Waals surface area contributed by atoms with Crippen LogP contribution in [0, 0.1) is 0 Å². The molecule has 0 saturated heterocycles. The fraction of sp³-hybridized carbons (Fsp3) is 1.00. The van der Waals surface area contributed by atoms with Gasteiger partial charge in [0.15, 0.2) is 6.29 Å². The minimum atomic E-state index is -0.0889. The predicted molar refractivity (Wildman–Crippen MR) is 70.0 cm³/mol. The van der Waals surface area contributed by atoms with E-state index in [1.807, 2.05) is 25.6 Å². The van der Waals surface area contributed by atoms with Crippen molar-refractivity contribution in [2.45, 2.75) is 44.1 Å². The summed E-state index contributed by atoms with van der Waals surface area (Å²) < 4.78 is 11.5. The molecule has 1 aliphatic carbocycles. The van der Waals surface area contributed by atoms with Crippen LogP contribution in [0.4, 0.5) is 0 Å². The van der Waals surface area contributed by atoms with E-state index in [9.17, 15) is 0 Å². The van der Waals surface area contributed by atoms with Crippen molar-refractivity contribution in [3.8, 4) is 0 Å². The second-order valence-electron chi connectivity index (χ2n) is 4.21. The first-order valence-corrected chi connectivity index (χ1v) is 7.48. The third-order valence-electron chi connectivity index (χ3n) is 3.16. The summed E-state index contributed by atoms with van der Waals surface area (Å²) in [6.07, 6.45) is 6.19. The SMILES string of the molecule is CCOC(CNCC1(SC)CCC1)OCC. The van der Waals surface area contributed by atoms with Crippen LogP contribution in [0.25, 0.3) is 0 Å². The lowest BCUT2D eigenvalue weighted by Gasteiger charge is -2.40. The van der Waals surface area contributed by atoms with Gasteiger partial charge in [-0.05, 0) is 32.9 Å². The lowest BCUT2D eigenvalue weighted by Crippen LogP contribution is -2.45. The van der Waals surface area contributed by atoms with Crippen molar-refractivity contribution in [1.29, 1.82) is 0 Å². The molecule has 0 heterocycles. The molecule has 0 aromatic rings. The van der Waals surface area contributed by atoms with E-state index in [0.717, 1.165) is 13.1 Å². The van der Waals surface area contributed by atoms with Gasteiger partial charge in [0.1, 0.15) is 0 Å². The number of hydrogen-bond acceptors (Lipinski definition) is 4. The molecular formula is C12H25NO2S. The molecule has 96 valence electrons. The molecule has 1 aliphatic rings. The molecule has 0 aromatic carbocycles. The summed E-state index contributed by atoms with van der Waals surface area (Å²) >= 11 is 1.99. The predicted octanol–water partition coefficient (Wildman–Crippen LogP) is 2.26. The van der Waals surface area contributed by atoms with Gasteiger partial charge in [-0.3, -0.25) is 0 Å². The zero-order valence-electron chi connectivity index (χ0n) is 10.8. The average molecular weight is 247 g/mol. The van der Waals surface area contributed by atoms with Crippen LogP contribution in [0.15, 0.2) is 0 Å². The molecule has 0 amide bonds. The van der Waals surface area contributed by atoms with E-state index in [1.54, 1.807) is 0 Å². The maximum absolute atomic E-state index is 5.49. The highest BCUT2D eigenvalue weighted by Crippen LogP contribution is 2.42. The first kappa shape index (κ1) is 14.3. The van der Waals surface area contributed by atoms with Gasteiger partial charge in [-0.2, -0.15) is 11.8 Å². The summed E-state index contributed by atoms with van der Waals surface area (Å²) in [6, 6.07) is 0. The van der Waals surface area contributed by atoms with E-state index in [2.05, 4.69) is 11.6 Å². The normalized spacial score (nSPS) is 18.8. The van der Waals surface area contributed by atoms with E-state index in [-0.39, 0.29) is 6.29 Å². The smallest absolute Gasteiger partial charge is 0.169 e. The quantitative estimate of drug-likeness (QED) is 0.633. The van der Waals surface area contributed by atoms with Crippen LogP contribution in [-0.2, 0) is 9.47 Å². The zero-order valence-corrected chi connectivity index (χ0v) is 11.6. The maximum Gasteiger partial charge on any atom is 0.169 e. The Balaban J connectivity index is 2.16. The topological polar surface area (TPSA) is 30.5 Å². The number of nitrogens with one attached hydrogen (secondary N) is 1. The van der Waals surface area contributed by atoms with Crippen LogP contribution >= 0.6 is 11.8 Å². The molecule has 0 aliphatic heterocycles. The molecule has 0 atom stereocenters. The Morgan fingerprint density at radius 1 is 1.25 bits per heavy atom. The molecule has 0 spiro atoms. The first-order valence-electron chi connectivity index (χ1n) is 6.25. The molecule has 16 heavy (non-hydrogen) atoms. The van der Waals surface area contributed by atoms with Crippen LogP contribution < -0.4 is 5.32 Å². The Labute approximate surface area is 104 Å². The third-order valence-corrected chi connectivity index (χ3v) is 4.58. The van der Waals surface area contributed by atoms with Crippen molar-refractivity contribution in [1.82, 2.24) is 5.32 Å². The van der Waals surface area contributed by atoms with Gasteiger partial charge in [-0.25, -0.2) is 0 Å². The fourth-order valence-electron chi connectivity index (χ4n) is 1.98. The van der Waals surface area contributed by atoms with Crippen LogP contribution in [0.3, 0.4) is 0 Å². The molecule has 0 aromatic heterocycles. The lowest BCUT2D eigenvalue weighted by molar-refractivity contribution is -0.133. The molecule has 3 nitrogen and oxygen atoms in total. The molecule has 1 saturated carbocycles. The number of hydrogen-bond donors (Lipinski definition) is 1. The van der Waals surface area contributed by atoms with Crippen LogP contribution in [0.1, 0.15) is 33.1 Å². The van der Waals surface area contributed by atoms with Gasteiger partial charge in [0.25, 0.3) is 0 Å². The van der Waals surface area contributed by atoms with Crippen molar-refractivity contribution in [2.24, 2.45) is 0 Å². The zero-order chi connectivity index (χ0) is 11.9. The summed E-state index contributed by atoms with van der Waals surface area (Å²) in [5.41, 5.74) is 0. The molecule has 1 rings (SSSR count). The summed E-state index contributed by atoms with van der Waals surface area (Å²) in [6.45, 7) is 7.29. The number of thioether (sulfide) groups is 1. The minimum Gasteiger partial charge on any atom is -0.352 e. The molecule has 1 fully saturated rings. The molecule has 0 unspecified atom stereocenters. The van der Waals surface area contributed by atoms with Gasteiger partial charge in [-0.1, -0.05) is 6.42 Å². The number of rotatable bonds is 9. The van der Waals surface area contributed by atoms with Crippen molar-refractivity contribution >= 4 is 11.8 Å². The van der Waals surface area contributed by atoms with Gasteiger partial charge in [0.05, 0.1) is 0 Å². The maximum atomic E-state index is 5.49. The number of ether oxygens (including phenoxy) is 2. The molecule has 0 bridgehead atoms. The minimum absolute atomic E-state index is 0.0889. The van der Waals surface area contributed by atoms with Gasteiger partial charge in [0, 0.05) is 31.1 Å². The van der Waals surface area contributed by atoms with Gasteiger partial charge in [-0.15, -0.1) is 0 Å². The largest absolute Gasteiger partial charge is 0.352 e. The average Bonchev–Trinajstić information content (AvgIpc) is 2.22. The highest BCUT2D eigenvalue weighted by atomic mass is 32.2. The van der Waals surface area contributed by atoms with E-state index in [4.69, 9.17) is 9.47 Å². The second-order valence-corrected chi connectivity index (χ2v) is 5.49. The van der Waals surface area contributed by atoms with Crippen molar-refractivity contribution < 1.29 is 9.47 Å². The Kier molecular flexibility index (Phi) is 6.73. The summed E-state index contributed by atoms with van der Waals surface area (Å²) in [5, 5.41) is 3.48. The summed E-state index contributed by atoms with van der Waals surface area (Å²) in [5.74, 6) is 0. The standard InChI is InChI=1S/C12H25NO2S/c1-4-14-11(15-5-2)9-13-10-12(16-3)7-6-8-12/h11,13H,4-10H2,1-3H3. The van der Waals surface area contributed by atoms with E-state index in [1.165, 1.54) is 19.3 Å². The van der Waals surface area contributed by atoms with Crippen molar-refractivity contribution in [2.75, 3.05) is 32.6 Å². The van der Waals surface area contributed by atoms with Crippen molar-refractivity contribution in [3.05, 3.63) is 0 Å². The lowest BCUT2D eigenvalue weighted by atomic mass is 9.84. The highest BCUT2D eigenvalue weighted by Gasteiger charge is 2.35. The first-order chi connectivity index (χ1) is 7.76. The monoisotopic (exact) mass is 247 g/mol. The van der Waals surface area contributed by atoms with Crippen molar-refractivity contribution in [3.63, 3.8) is 0 Å². The Morgan fingerprint density at radius 3 is 2.25 bits per heavy atom. The molecular weight excluding hydrogens is 222 g/mol.